The van der Waals surface area contributed by atoms with E-state index < -0.39 is 0 Å². The molecule has 138 valence electrons. The van der Waals surface area contributed by atoms with E-state index in [0.29, 0.717) is 19.8 Å². The van der Waals surface area contributed by atoms with Crippen LogP contribution in [0.2, 0.25) is 0 Å². The van der Waals surface area contributed by atoms with Crippen LogP contribution in [-0.4, -0.2) is 35.4 Å². The summed E-state index contributed by atoms with van der Waals surface area (Å²) >= 11 is 0. The summed E-state index contributed by atoms with van der Waals surface area (Å²) in [6, 6.07) is 6.23. The average Bonchev–Trinajstić information content (AvgIpc) is 3.29. The zero-order chi connectivity index (χ0) is 18.0. The van der Waals surface area contributed by atoms with Gasteiger partial charge >= 0.3 is 0 Å². The Bertz CT molecular complexity index is 793. The second-order valence-corrected chi connectivity index (χ2v) is 7.34. The topological polar surface area (TPSA) is 65.4 Å². The molecule has 26 heavy (non-hydrogen) atoms. The second-order valence-electron chi connectivity index (χ2n) is 7.34. The number of nitrogens with zero attached hydrogens (tertiary/aromatic N) is 2. The third kappa shape index (κ3) is 3.41. The van der Waals surface area contributed by atoms with Crippen molar-refractivity contribution in [2.24, 2.45) is 0 Å². The minimum atomic E-state index is -0.0223. The Morgan fingerprint density at radius 3 is 2.73 bits per heavy atom. The third-order valence-electron chi connectivity index (χ3n) is 5.41. The molecule has 2 aliphatic rings. The predicted molar refractivity (Wildman–Crippen MR) is 97.6 cm³/mol. The number of fused-ring (bicyclic) bond motifs is 1. The Labute approximate surface area is 153 Å². The summed E-state index contributed by atoms with van der Waals surface area (Å²) in [7, 11) is 0. The predicted octanol–water partition coefficient (Wildman–Crippen LogP) is 2.59. The maximum atomic E-state index is 12.4. The number of benzene rings is 1. The van der Waals surface area contributed by atoms with Crippen LogP contribution in [-0.2, 0) is 16.8 Å². The number of ether oxygens (including phenoxy) is 2. The fourth-order valence-corrected chi connectivity index (χ4v) is 4.02. The van der Waals surface area contributed by atoms with E-state index in [2.05, 4.69) is 22.5 Å². The molecule has 1 aromatic heterocycles. The van der Waals surface area contributed by atoms with Gasteiger partial charge < -0.3 is 14.8 Å². The fraction of sp³-hybridized carbons (Fsp3) is 0.500. The van der Waals surface area contributed by atoms with E-state index in [1.807, 2.05) is 19.2 Å². The summed E-state index contributed by atoms with van der Waals surface area (Å²) in [6.07, 6.45) is 8.17. The van der Waals surface area contributed by atoms with Crippen molar-refractivity contribution in [1.82, 2.24) is 15.1 Å². The van der Waals surface area contributed by atoms with E-state index in [-0.39, 0.29) is 17.9 Å². The van der Waals surface area contributed by atoms with Crippen LogP contribution in [0.1, 0.15) is 36.8 Å². The Morgan fingerprint density at radius 2 is 2.00 bits per heavy atom. The van der Waals surface area contributed by atoms with Crippen LogP contribution >= 0.6 is 0 Å². The molecule has 6 nitrogen and oxygen atoms in total. The van der Waals surface area contributed by atoms with Crippen LogP contribution in [0.25, 0.3) is 0 Å². The summed E-state index contributed by atoms with van der Waals surface area (Å²) < 4.78 is 13.1. The van der Waals surface area contributed by atoms with Gasteiger partial charge in [0.25, 0.3) is 0 Å². The lowest BCUT2D eigenvalue weighted by Gasteiger charge is -2.31. The summed E-state index contributed by atoms with van der Waals surface area (Å²) in [6.45, 7) is 4.05. The molecule has 0 unspecified atom stereocenters. The van der Waals surface area contributed by atoms with Gasteiger partial charge in [0.1, 0.15) is 19.8 Å². The molecule has 1 amide bonds. The standard InChI is InChI=1S/C20H25N3O3/c1-15-11-22-23(12-15)13-19(24)21-14-20(6-2-3-7-20)16-4-5-17-18(10-16)26-9-8-25-17/h4-5,10-12H,2-3,6-9,13-14H2,1H3,(H,21,24). The first-order valence-corrected chi connectivity index (χ1v) is 9.31. The van der Waals surface area contributed by atoms with Crippen molar-refractivity contribution in [3.63, 3.8) is 0 Å². The maximum Gasteiger partial charge on any atom is 0.241 e. The van der Waals surface area contributed by atoms with E-state index in [1.165, 1.54) is 18.4 Å². The van der Waals surface area contributed by atoms with Gasteiger partial charge in [-0.25, -0.2) is 0 Å². The first-order chi connectivity index (χ1) is 12.6. The molecule has 1 aromatic carbocycles. The van der Waals surface area contributed by atoms with E-state index in [1.54, 1.807) is 10.9 Å². The quantitative estimate of drug-likeness (QED) is 0.895. The van der Waals surface area contributed by atoms with Crippen LogP contribution < -0.4 is 14.8 Å². The number of rotatable bonds is 5. The number of nitrogens with one attached hydrogen (secondary N) is 1. The zero-order valence-corrected chi connectivity index (χ0v) is 15.2. The highest BCUT2D eigenvalue weighted by Gasteiger charge is 2.36. The minimum absolute atomic E-state index is 0.00285. The van der Waals surface area contributed by atoms with Gasteiger partial charge in [0.15, 0.2) is 11.5 Å². The van der Waals surface area contributed by atoms with E-state index in [0.717, 1.165) is 29.9 Å². The first kappa shape index (κ1) is 16.9. The molecule has 2 aromatic rings. The van der Waals surface area contributed by atoms with E-state index >= 15 is 0 Å². The molecule has 1 fully saturated rings. The van der Waals surface area contributed by atoms with Crippen LogP contribution in [0.3, 0.4) is 0 Å². The van der Waals surface area contributed by atoms with Crippen LogP contribution in [0.5, 0.6) is 11.5 Å². The van der Waals surface area contributed by atoms with Crippen molar-refractivity contribution in [2.75, 3.05) is 19.8 Å². The highest BCUT2D eigenvalue weighted by molar-refractivity contribution is 5.75. The van der Waals surface area contributed by atoms with Gasteiger partial charge in [-0.15, -0.1) is 0 Å². The number of carbonyl (C=O) groups is 1. The van der Waals surface area contributed by atoms with Crippen LogP contribution in [0.4, 0.5) is 0 Å². The molecule has 1 aliphatic heterocycles. The molecule has 0 bridgehead atoms. The van der Waals surface area contributed by atoms with Crippen molar-refractivity contribution >= 4 is 5.91 Å². The van der Waals surface area contributed by atoms with Crippen molar-refractivity contribution in [1.29, 1.82) is 0 Å². The summed E-state index contributed by atoms with van der Waals surface area (Å²) in [5, 5.41) is 7.31. The lowest BCUT2D eigenvalue weighted by atomic mass is 9.78. The summed E-state index contributed by atoms with van der Waals surface area (Å²) in [4.78, 5) is 12.4. The normalized spacial score (nSPS) is 17.9. The lowest BCUT2D eigenvalue weighted by Crippen LogP contribution is -2.40. The molecule has 0 saturated heterocycles. The van der Waals surface area contributed by atoms with Crippen molar-refractivity contribution < 1.29 is 14.3 Å². The number of amides is 1. The first-order valence-electron chi connectivity index (χ1n) is 9.31. The number of aromatic nitrogens is 2. The molecule has 1 N–H and O–H groups in total. The van der Waals surface area contributed by atoms with E-state index in [9.17, 15) is 4.79 Å². The van der Waals surface area contributed by atoms with Gasteiger partial charge in [-0.2, -0.15) is 5.10 Å². The molecule has 0 radical (unpaired) electrons. The van der Waals surface area contributed by atoms with Gasteiger partial charge in [-0.3, -0.25) is 9.48 Å². The minimum Gasteiger partial charge on any atom is -0.486 e. The molecular formula is C20H25N3O3. The lowest BCUT2D eigenvalue weighted by molar-refractivity contribution is -0.122. The maximum absolute atomic E-state index is 12.4. The summed E-state index contributed by atoms with van der Waals surface area (Å²) in [5.41, 5.74) is 2.27. The molecule has 4 rings (SSSR count). The molecule has 1 saturated carbocycles. The van der Waals surface area contributed by atoms with Crippen molar-refractivity contribution in [3.05, 3.63) is 41.7 Å². The number of carbonyl (C=O) groups excluding carboxylic acids is 1. The monoisotopic (exact) mass is 355 g/mol. The Kier molecular flexibility index (Phi) is 4.57. The SMILES string of the molecule is Cc1cnn(CC(=O)NCC2(c3ccc4c(c3)OCCO4)CCCC2)c1. The Balaban J connectivity index is 1.47. The highest BCUT2D eigenvalue weighted by atomic mass is 16.6. The van der Waals surface area contributed by atoms with Gasteiger partial charge in [0.05, 0.1) is 6.20 Å². The Morgan fingerprint density at radius 1 is 1.23 bits per heavy atom. The van der Waals surface area contributed by atoms with Crippen LogP contribution in [0.15, 0.2) is 30.6 Å². The number of aryl methyl sites for hydroxylation is 1. The van der Waals surface area contributed by atoms with Crippen LogP contribution in [0, 0.1) is 6.92 Å². The largest absolute Gasteiger partial charge is 0.486 e. The van der Waals surface area contributed by atoms with Gasteiger partial charge in [0.2, 0.25) is 5.91 Å². The number of hydrogen-bond donors (Lipinski definition) is 1. The third-order valence-corrected chi connectivity index (χ3v) is 5.41. The highest BCUT2D eigenvalue weighted by Crippen LogP contribution is 2.43. The average molecular weight is 355 g/mol. The smallest absolute Gasteiger partial charge is 0.241 e. The molecule has 6 heteroatoms. The van der Waals surface area contributed by atoms with E-state index in [4.69, 9.17) is 9.47 Å². The fourth-order valence-electron chi connectivity index (χ4n) is 4.02. The Hall–Kier alpha value is -2.50. The van der Waals surface area contributed by atoms with Crippen molar-refractivity contribution in [3.8, 4) is 11.5 Å². The van der Waals surface area contributed by atoms with Crippen molar-refractivity contribution in [2.45, 2.75) is 44.6 Å². The molecule has 1 aliphatic carbocycles. The molecule has 0 atom stereocenters. The van der Waals surface area contributed by atoms with Gasteiger partial charge in [-0.1, -0.05) is 18.9 Å². The van der Waals surface area contributed by atoms with Gasteiger partial charge in [-0.05, 0) is 43.0 Å². The molecule has 2 heterocycles. The molecule has 0 spiro atoms. The zero-order valence-electron chi connectivity index (χ0n) is 15.2. The molecular weight excluding hydrogens is 330 g/mol. The summed E-state index contributed by atoms with van der Waals surface area (Å²) in [5.74, 6) is 1.63. The second kappa shape index (κ2) is 7.02. The number of hydrogen-bond acceptors (Lipinski definition) is 4. The van der Waals surface area contributed by atoms with Gasteiger partial charge in [0, 0.05) is 18.2 Å².